The van der Waals surface area contributed by atoms with Crippen molar-refractivity contribution >= 4 is 34.2 Å². The average molecular weight is 332 g/mol. The van der Waals surface area contributed by atoms with Crippen LogP contribution >= 0.6 is 23.2 Å². The number of hydrogen-bond acceptors (Lipinski definition) is 2. The van der Waals surface area contributed by atoms with Gasteiger partial charge in [-0.25, -0.2) is 4.98 Å². The van der Waals surface area contributed by atoms with E-state index in [2.05, 4.69) is 23.2 Å². The van der Waals surface area contributed by atoms with Crippen molar-refractivity contribution in [2.75, 3.05) is 0 Å². The van der Waals surface area contributed by atoms with Crippen LogP contribution in [0.3, 0.4) is 0 Å². The lowest BCUT2D eigenvalue weighted by atomic mass is 9.99. The highest BCUT2D eigenvalue weighted by Gasteiger charge is 2.27. The first-order valence-corrected chi connectivity index (χ1v) is 8.26. The molecule has 22 heavy (non-hydrogen) atoms. The van der Waals surface area contributed by atoms with E-state index < -0.39 is 0 Å². The van der Waals surface area contributed by atoms with Gasteiger partial charge in [-0.15, -0.1) is 0 Å². The van der Waals surface area contributed by atoms with Crippen molar-refractivity contribution in [1.29, 1.82) is 0 Å². The van der Waals surface area contributed by atoms with Crippen molar-refractivity contribution < 1.29 is 0 Å². The zero-order valence-corrected chi connectivity index (χ0v) is 13.7. The van der Waals surface area contributed by atoms with Gasteiger partial charge >= 0.3 is 0 Å². The summed E-state index contributed by atoms with van der Waals surface area (Å²) < 4.78 is 0. The zero-order valence-electron chi connectivity index (χ0n) is 12.2. The van der Waals surface area contributed by atoms with Gasteiger partial charge < -0.3 is 0 Å². The maximum absolute atomic E-state index is 6.21. The van der Waals surface area contributed by atoms with Gasteiger partial charge in [0, 0.05) is 22.7 Å². The number of hydrogen-bond donors (Lipinski definition) is 1. The molecular formula is C17H15Cl2N3. The van der Waals surface area contributed by atoms with Crippen molar-refractivity contribution in [2.24, 2.45) is 0 Å². The number of fused-ring (bicyclic) bond motifs is 1. The molecule has 0 aliphatic heterocycles. The molecule has 1 fully saturated rings. The van der Waals surface area contributed by atoms with E-state index in [9.17, 15) is 0 Å². The predicted molar refractivity (Wildman–Crippen MR) is 90.7 cm³/mol. The minimum Gasteiger partial charge on any atom is -0.280 e. The molecule has 2 heterocycles. The number of rotatable bonds is 3. The second kappa shape index (κ2) is 5.25. The molecule has 112 valence electrons. The number of H-pyrrole nitrogens is 1. The van der Waals surface area contributed by atoms with Gasteiger partial charge in [0.2, 0.25) is 0 Å². The summed E-state index contributed by atoms with van der Waals surface area (Å²) in [5.41, 5.74) is 5.21. The molecule has 3 nitrogen and oxygen atoms in total. The topological polar surface area (TPSA) is 41.6 Å². The second-order valence-corrected chi connectivity index (χ2v) is 6.57. The third kappa shape index (κ3) is 2.29. The molecule has 1 saturated carbocycles. The molecule has 5 heteroatoms. The second-order valence-electron chi connectivity index (χ2n) is 5.75. The van der Waals surface area contributed by atoms with Gasteiger partial charge in [-0.3, -0.25) is 5.10 Å². The molecule has 0 amide bonds. The first-order valence-electron chi connectivity index (χ1n) is 7.50. The highest BCUT2D eigenvalue weighted by atomic mass is 35.5. The van der Waals surface area contributed by atoms with E-state index in [0.717, 1.165) is 40.0 Å². The highest BCUT2D eigenvalue weighted by molar-refractivity contribution is 6.42. The Labute approximate surface area is 138 Å². The third-order valence-corrected chi connectivity index (χ3v) is 4.94. The van der Waals surface area contributed by atoms with Gasteiger partial charge in [0.1, 0.15) is 0 Å². The average Bonchev–Trinajstić information content (AvgIpc) is 3.29. The summed E-state index contributed by atoms with van der Waals surface area (Å²) in [5.74, 6) is 0.577. The Morgan fingerprint density at radius 2 is 2.00 bits per heavy atom. The van der Waals surface area contributed by atoms with Gasteiger partial charge in [-0.1, -0.05) is 36.2 Å². The van der Waals surface area contributed by atoms with Crippen LogP contribution in [0.1, 0.15) is 37.1 Å². The van der Waals surface area contributed by atoms with E-state index in [1.165, 1.54) is 12.8 Å². The fourth-order valence-electron chi connectivity index (χ4n) is 2.84. The molecule has 0 unspecified atom stereocenters. The molecule has 0 bridgehead atoms. The fraction of sp³-hybridized carbons (Fsp3) is 0.294. The largest absolute Gasteiger partial charge is 0.280 e. The van der Waals surface area contributed by atoms with Crippen LogP contribution in [0.15, 0.2) is 24.3 Å². The van der Waals surface area contributed by atoms with Gasteiger partial charge in [-0.2, -0.15) is 5.10 Å². The Kier molecular flexibility index (Phi) is 3.35. The molecule has 0 radical (unpaired) electrons. The van der Waals surface area contributed by atoms with Crippen LogP contribution in [0.5, 0.6) is 0 Å². The first-order chi connectivity index (χ1) is 10.7. The SMILES string of the molecule is CCc1[nH]nc2nc(C3CC3)cc(-c3ccc(Cl)c(Cl)c3)c12. The number of pyridine rings is 1. The van der Waals surface area contributed by atoms with E-state index in [4.69, 9.17) is 28.2 Å². The third-order valence-electron chi connectivity index (χ3n) is 4.20. The van der Waals surface area contributed by atoms with E-state index in [1.807, 2.05) is 18.2 Å². The van der Waals surface area contributed by atoms with Gasteiger partial charge in [0.15, 0.2) is 5.65 Å². The molecule has 0 atom stereocenters. The van der Waals surface area contributed by atoms with Gasteiger partial charge in [0.05, 0.1) is 10.0 Å². The van der Waals surface area contributed by atoms with Crippen LogP contribution in [0.4, 0.5) is 0 Å². The van der Waals surface area contributed by atoms with Gasteiger partial charge in [-0.05, 0) is 48.6 Å². The van der Waals surface area contributed by atoms with Crippen LogP contribution in [0, 0.1) is 0 Å². The van der Waals surface area contributed by atoms with E-state index in [1.54, 1.807) is 0 Å². The molecule has 4 rings (SSSR count). The van der Waals surface area contributed by atoms with Crippen LogP contribution < -0.4 is 0 Å². The minimum atomic E-state index is 0.568. The lowest BCUT2D eigenvalue weighted by Gasteiger charge is -2.09. The molecular weight excluding hydrogens is 317 g/mol. The summed E-state index contributed by atoms with van der Waals surface area (Å²) in [6.07, 6.45) is 3.31. The van der Waals surface area contributed by atoms with Crippen LogP contribution in [0.2, 0.25) is 10.0 Å². The van der Waals surface area contributed by atoms with Crippen molar-refractivity contribution in [3.05, 3.63) is 45.7 Å². The molecule has 1 aliphatic carbocycles. The summed E-state index contributed by atoms with van der Waals surface area (Å²) >= 11 is 12.3. The maximum atomic E-state index is 6.21. The molecule has 1 aliphatic rings. The Morgan fingerprint density at radius 3 is 2.68 bits per heavy atom. The van der Waals surface area contributed by atoms with E-state index in [0.29, 0.717) is 16.0 Å². The summed E-state index contributed by atoms with van der Waals surface area (Å²) in [6, 6.07) is 7.95. The molecule has 1 aromatic carbocycles. The molecule has 0 saturated heterocycles. The smallest absolute Gasteiger partial charge is 0.182 e. The maximum Gasteiger partial charge on any atom is 0.182 e. The molecule has 3 aromatic rings. The number of nitrogens with zero attached hydrogens (tertiary/aromatic N) is 2. The van der Waals surface area contributed by atoms with Crippen molar-refractivity contribution in [1.82, 2.24) is 15.2 Å². The molecule has 0 spiro atoms. The number of aromatic nitrogens is 3. The summed E-state index contributed by atoms with van der Waals surface area (Å²) in [6.45, 7) is 2.11. The predicted octanol–water partition coefficient (Wildman–Crippen LogP) is 5.37. The zero-order chi connectivity index (χ0) is 15.3. The van der Waals surface area contributed by atoms with Crippen LogP contribution in [-0.4, -0.2) is 15.2 Å². The number of aryl methyl sites for hydroxylation is 1. The Morgan fingerprint density at radius 1 is 1.18 bits per heavy atom. The number of aromatic amines is 1. The summed E-state index contributed by atoms with van der Waals surface area (Å²) in [4.78, 5) is 4.73. The minimum absolute atomic E-state index is 0.568. The molecule has 1 N–H and O–H groups in total. The van der Waals surface area contributed by atoms with Crippen molar-refractivity contribution in [3.8, 4) is 11.1 Å². The number of halogens is 2. The van der Waals surface area contributed by atoms with Crippen molar-refractivity contribution in [3.63, 3.8) is 0 Å². The Hall–Kier alpha value is -1.58. The summed E-state index contributed by atoms with van der Waals surface area (Å²) in [7, 11) is 0. The van der Waals surface area contributed by atoms with E-state index >= 15 is 0 Å². The van der Waals surface area contributed by atoms with Crippen LogP contribution in [0.25, 0.3) is 22.2 Å². The normalized spacial score (nSPS) is 14.7. The van der Waals surface area contributed by atoms with Crippen LogP contribution in [-0.2, 0) is 6.42 Å². The van der Waals surface area contributed by atoms with Crippen molar-refractivity contribution in [2.45, 2.75) is 32.1 Å². The van der Waals surface area contributed by atoms with Gasteiger partial charge in [0.25, 0.3) is 0 Å². The summed E-state index contributed by atoms with van der Waals surface area (Å²) in [5, 5.41) is 9.73. The number of benzene rings is 1. The molecule has 2 aromatic heterocycles. The lowest BCUT2D eigenvalue weighted by Crippen LogP contribution is -1.92. The quantitative estimate of drug-likeness (QED) is 0.700. The highest BCUT2D eigenvalue weighted by Crippen LogP contribution is 2.42. The first kappa shape index (κ1) is 14.0. The monoisotopic (exact) mass is 331 g/mol. The lowest BCUT2D eigenvalue weighted by molar-refractivity contribution is 0.976. The van der Waals surface area contributed by atoms with E-state index in [-0.39, 0.29) is 0 Å². The number of nitrogens with one attached hydrogen (secondary N) is 1. The Balaban J connectivity index is 2.00. The fourth-order valence-corrected chi connectivity index (χ4v) is 3.14. The Bertz CT molecular complexity index is 866. The standard InChI is InChI=1S/C17H15Cl2N3/c1-2-14-16-11(10-5-6-12(18)13(19)7-10)8-15(9-3-4-9)20-17(16)22-21-14/h5-9H,2-4H2,1H3,(H,20,21,22).